The highest BCUT2D eigenvalue weighted by Crippen LogP contribution is 2.05. The molecule has 2 nitrogen and oxygen atoms in total. The zero-order valence-electron chi connectivity index (χ0n) is 15.3. The van der Waals surface area contributed by atoms with Gasteiger partial charge in [-0.05, 0) is 45.8 Å². The second kappa shape index (κ2) is 23.9. The van der Waals surface area contributed by atoms with Crippen LogP contribution in [-0.2, 0) is 11.2 Å². The molecule has 0 saturated carbocycles. The molecule has 0 radical (unpaired) electrons. The van der Waals surface area contributed by atoms with Gasteiger partial charge in [-0.3, -0.25) is 0 Å². The van der Waals surface area contributed by atoms with Crippen molar-refractivity contribution >= 4 is 6.29 Å². The smallest absolute Gasteiger partial charge is 0.116 e. The first kappa shape index (κ1) is 24.8. The highest BCUT2D eigenvalue weighted by atomic mass is 16.1. The lowest BCUT2D eigenvalue weighted by Gasteiger charge is -2.01. The molecule has 0 aliphatic carbocycles. The molecule has 21 heavy (non-hydrogen) atoms. The molecule has 2 heteroatoms. The summed E-state index contributed by atoms with van der Waals surface area (Å²) in [6.45, 7) is 13.2. The fraction of sp³-hybridized carbons (Fsp3) is 0.632. The summed E-state index contributed by atoms with van der Waals surface area (Å²) >= 11 is 0. The van der Waals surface area contributed by atoms with Crippen LogP contribution in [0.4, 0.5) is 0 Å². The van der Waals surface area contributed by atoms with E-state index in [-0.39, 0.29) is 0 Å². The maximum absolute atomic E-state index is 8.81. The lowest BCUT2D eigenvalue weighted by Crippen LogP contribution is -2.08. The zero-order valence-corrected chi connectivity index (χ0v) is 15.3. The minimum atomic E-state index is 0.750. The maximum Gasteiger partial charge on any atom is 0.116 e. The molecule has 1 aromatic rings. The molecule has 0 atom stereocenters. The van der Waals surface area contributed by atoms with Crippen LogP contribution in [0, 0.1) is 6.92 Å². The van der Waals surface area contributed by atoms with Crippen LogP contribution in [0.3, 0.4) is 0 Å². The molecule has 1 rings (SSSR count). The number of hydrogen-bond donors (Lipinski definition) is 1. The zero-order chi connectivity index (χ0) is 16.9. The molecule has 0 spiro atoms. The van der Waals surface area contributed by atoms with E-state index >= 15 is 0 Å². The number of aldehydes is 1. The van der Waals surface area contributed by atoms with E-state index in [1.54, 1.807) is 0 Å². The Bertz CT molecular complexity index is 295. The number of carbonyl (C=O) groups excluding carboxylic acids is 1. The molecule has 0 saturated heterocycles. The summed E-state index contributed by atoms with van der Waals surface area (Å²) in [6, 6.07) is 8.73. The van der Waals surface area contributed by atoms with E-state index in [1.807, 2.05) is 7.05 Å². The number of carbonyl (C=O) groups is 1. The Kier molecular flexibility index (Phi) is 28.3. The molecule has 1 N–H and O–H groups in total. The molecule has 0 fully saturated rings. The first-order valence-electron chi connectivity index (χ1n) is 8.17. The Morgan fingerprint density at radius 3 is 1.95 bits per heavy atom. The highest BCUT2D eigenvalue weighted by Gasteiger charge is 1.91. The third kappa shape index (κ3) is 27.9. The van der Waals surface area contributed by atoms with Crippen molar-refractivity contribution in [2.75, 3.05) is 13.6 Å². The molecule has 1 aromatic carbocycles. The van der Waals surface area contributed by atoms with Gasteiger partial charge >= 0.3 is 0 Å². The molecule has 0 unspecified atom stereocenters. The maximum atomic E-state index is 8.81. The number of hydrogen-bond acceptors (Lipinski definition) is 2. The fourth-order valence-electron chi connectivity index (χ4n) is 1.34. The van der Waals surface area contributed by atoms with Crippen molar-refractivity contribution in [3.8, 4) is 0 Å². The minimum absolute atomic E-state index is 0.750. The molecule has 124 valence electrons. The molecule has 0 aliphatic rings. The average molecular weight is 296 g/mol. The van der Waals surface area contributed by atoms with Gasteiger partial charge in [0.05, 0.1) is 0 Å². The van der Waals surface area contributed by atoms with Gasteiger partial charge in [0.25, 0.3) is 0 Å². The molecule has 0 aromatic heterocycles. The first-order chi connectivity index (χ1) is 10.1. The lowest BCUT2D eigenvalue weighted by atomic mass is 10.1. The Morgan fingerprint density at radius 1 is 1.10 bits per heavy atom. The molecular formula is C19H37NO. The molecule has 0 aliphatic heterocycles. The van der Waals surface area contributed by atoms with Crippen LogP contribution in [0.1, 0.15) is 65.0 Å². The van der Waals surface area contributed by atoms with Crippen LogP contribution in [0.15, 0.2) is 24.3 Å². The molecule has 0 bridgehead atoms. The van der Waals surface area contributed by atoms with Gasteiger partial charge in [0.1, 0.15) is 6.29 Å². The van der Waals surface area contributed by atoms with Gasteiger partial charge in [-0.25, -0.2) is 0 Å². The second-order valence-corrected chi connectivity index (χ2v) is 4.85. The number of rotatable bonds is 4. The Labute approximate surface area is 133 Å². The number of nitrogens with one attached hydrogen (secondary N) is 1. The highest BCUT2D eigenvalue weighted by molar-refractivity contribution is 5.44. The summed E-state index contributed by atoms with van der Waals surface area (Å²) in [6.07, 6.45) is 5.66. The summed E-state index contributed by atoms with van der Waals surface area (Å²) in [5.74, 6) is 0. The van der Waals surface area contributed by atoms with Crippen molar-refractivity contribution in [3.63, 3.8) is 0 Å². The van der Waals surface area contributed by atoms with E-state index < -0.39 is 0 Å². The Morgan fingerprint density at radius 2 is 1.57 bits per heavy atom. The van der Waals surface area contributed by atoms with E-state index in [1.165, 1.54) is 43.7 Å². The summed E-state index contributed by atoms with van der Waals surface area (Å²) in [5, 5.41) is 3.15. The predicted octanol–water partition coefficient (Wildman–Crippen LogP) is 5.18. The predicted molar refractivity (Wildman–Crippen MR) is 97.1 cm³/mol. The Balaban J connectivity index is -0.000000300. The fourth-order valence-corrected chi connectivity index (χ4v) is 1.34. The van der Waals surface area contributed by atoms with Gasteiger partial charge in [-0.15, -0.1) is 0 Å². The standard InChI is InChI=1S/C11H17N.2C3H8.C2H4O/c1-10-5-3-6-11(9-10)7-4-8-12-2;2*1-3-2;1-2-3/h3,5-6,9,12H,4,7-8H2,1-2H3;2*3H2,1-2H3;2H,1H3. The van der Waals surface area contributed by atoms with Gasteiger partial charge in [-0.1, -0.05) is 70.4 Å². The number of benzene rings is 1. The van der Waals surface area contributed by atoms with Crippen LogP contribution < -0.4 is 5.32 Å². The lowest BCUT2D eigenvalue weighted by molar-refractivity contribution is -0.106. The van der Waals surface area contributed by atoms with E-state index in [4.69, 9.17) is 4.79 Å². The Hall–Kier alpha value is -1.15. The quantitative estimate of drug-likeness (QED) is 0.612. The van der Waals surface area contributed by atoms with E-state index in [2.05, 4.69) is 64.2 Å². The third-order valence-corrected chi connectivity index (χ3v) is 1.97. The average Bonchev–Trinajstić information content (AvgIpc) is 2.42. The van der Waals surface area contributed by atoms with Gasteiger partial charge < -0.3 is 10.1 Å². The van der Waals surface area contributed by atoms with E-state index in [0.29, 0.717) is 0 Å². The number of aryl methyl sites for hydroxylation is 2. The van der Waals surface area contributed by atoms with Crippen LogP contribution in [-0.4, -0.2) is 19.9 Å². The minimum Gasteiger partial charge on any atom is -0.320 e. The van der Waals surface area contributed by atoms with Crippen molar-refractivity contribution in [3.05, 3.63) is 35.4 Å². The largest absolute Gasteiger partial charge is 0.320 e. The second-order valence-electron chi connectivity index (χ2n) is 4.85. The van der Waals surface area contributed by atoms with Crippen LogP contribution in [0.5, 0.6) is 0 Å². The van der Waals surface area contributed by atoms with Crippen LogP contribution in [0.2, 0.25) is 0 Å². The van der Waals surface area contributed by atoms with Gasteiger partial charge in [0.15, 0.2) is 0 Å². The van der Waals surface area contributed by atoms with Crippen molar-refractivity contribution in [2.45, 2.75) is 67.2 Å². The first-order valence-corrected chi connectivity index (χ1v) is 8.17. The molecule has 0 amide bonds. The van der Waals surface area contributed by atoms with Gasteiger partial charge in [0, 0.05) is 0 Å². The summed E-state index contributed by atoms with van der Waals surface area (Å²) in [4.78, 5) is 8.81. The van der Waals surface area contributed by atoms with E-state index in [0.717, 1.165) is 12.8 Å². The SMILES string of the molecule is CC=O.CCC.CCC.CNCCCc1cccc(C)c1. The van der Waals surface area contributed by atoms with Crippen molar-refractivity contribution in [2.24, 2.45) is 0 Å². The summed E-state index contributed by atoms with van der Waals surface area (Å²) in [5.41, 5.74) is 2.81. The summed E-state index contributed by atoms with van der Waals surface area (Å²) < 4.78 is 0. The third-order valence-electron chi connectivity index (χ3n) is 1.97. The van der Waals surface area contributed by atoms with Crippen LogP contribution >= 0.6 is 0 Å². The summed E-state index contributed by atoms with van der Waals surface area (Å²) in [7, 11) is 2.00. The van der Waals surface area contributed by atoms with E-state index in [9.17, 15) is 0 Å². The topological polar surface area (TPSA) is 29.1 Å². The molecular weight excluding hydrogens is 258 g/mol. The van der Waals surface area contributed by atoms with Crippen LogP contribution in [0.25, 0.3) is 0 Å². The normalized spacial score (nSPS) is 8.14. The van der Waals surface area contributed by atoms with Crippen molar-refractivity contribution in [1.82, 2.24) is 5.32 Å². The monoisotopic (exact) mass is 295 g/mol. The molecule has 0 heterocycles. The van der Waals surface area contributed by atoms with Crippen molar-refractivity contribution in [1.29, 1.82) is 0 Å². The van der Waals surface area contributed by atoms with Crippen molar-refractivity contribution < 1.29 is 4.79 Å². The van der Waals surface area contributed by atoms with Gasteiger partial charge in [-0.2, -0.15) is 0 Å². The van der Waals surface area contributed by atoms with Gasteiger partial charge in [0.2, 0.25) is 0 Å².